The minimum absolute atomic E-state index is 0.0664. The van der Waals surface area contributed by atoms with Crippen LogP contribution in [0.3, 0.4) is 0 Å². The van der Waals surface area contributed by atoms with Crippen LogP contribution in [0.5, 0.6) is 0 Å². The standard InChI is InChI=1S/C17H22N6O2/c1-22-9-14(8-21-22)15(24)20-7-13-3-4-17(25-10-13)11-23(12-17)16-18-5-2-6-19-16/h2,5-6,8-9,13H,3-4,7,10-12H2,1H3,(H,20,24)/t13-/m1/s1. The van der Waals surface area contributed by atoms with Crippen LogP contribution < -0.4 is 10.2 Å². The first kappa shape index (κ1) is 16.0. The molecule has 2 aliphatic heterocycles. The molecule has 2 fully saturated rings. The van der Waals surface area contributed by atoms with Gasteiger partial charge in [0.2, 0.25) is 5.95 Å². The molecule has 0 aromatic carbocycles. The van der Waals surface area contributed by atoms with Crippen molar-refractivity contribution in [2.24, 2.45) is 13.0 Å². The quantitative estimate of drug-likeness (QED) is 0.877. The summed E-state index contributed by atoms with van der Waals surface area (Å²) in [4.78, 5) is 22.8. The van der Waals surface area contributed by atoms with Crippen LogP contribution in [0.25, 0.3) is 0 Å². The van der Waals surface area contributed by atoms with E-state index in [1.807, 2.05) is 6.07 Å². The van der Waals surface area contributed by atoms with E-state index in [-0.39, 0.29) is 11.5 Å². The summed E-state index contributed by atoms with van der Waals surface area (Å²) in [6, 6.07) is 1.82. The molecule has 1 spiro atoms. The summed E-state index contributed by atoms with van der Waals surface area (Å²) in [5, 5.41) is 7.00. The van der Waals surface area contributed by atoms with Crippen molar-refractivity contribution in [1.82, 2.24) is 25.1 Å². The number of nitrogens with zero attached hydrogens (tertiary/aromatic N) is 5. The zero-order valence-corrected chi connectivity index (χ0v) is 14.3. The molecule has 25 heavy (non-hydrogen) atoms. The van der Waals surface area contributed by atoms with E-state index < -0.39 is 0 Å². The Kier molecular flexibility index (Phi) is 4.12. The van der Waals surface area contributed by atoms with Gasteiger partial charge in [0.05, 0.1) is 31.5 Å². The third kappa shape index (κ3) is 3.34. The Hall–Kier alpha value is -2.48. The molecular formula is C17H22N6O2. The van der Waals surface area contributed by atoms with Gasteiger partial charge < -0.3 is 15.0 Å². The largest absolute Gasteiger partial charge is 0.371 e. The van der Waals surface area contributed by atoms with E-state index in [4.69, 9.17) is 4.74 Å². The van der Waals surface area contributed by atoms with Gasteiger partial charge in [-0.25, -0.2) is 9.97 Å². The van der Waals surface area contributed by atoms with Gasteiger partial charge in [-0.15, -0.1) is 0 Å². The highest BCUT2D eigenvalue weighted by atomic mass is 16.5. The number of aryl methyl sites for hydroxylation is 1. The average Bonchev–Trinajstić information content (AvgIpc) is 3.05. The number of nitrogens with one attached hydrogen (secondary N) is 1. The first-order valence-corrected chi connectivity index (χ1v) is 8.56. The molecule has 0 radical (unpaired) electrons. The summed E-state index contributed by atoms with van der Waals surface area (Å²) in [6.45, 7) is 2.99. The van der Waals surface area contributed by atoms with Crippen molar-refractivity contribution in [2.45, 2.75) is 18.4 Å². The molecule has 8 heteroatoms. The van der Waals surface area contributed by atoms with Crippen LogP contribution in [0.15, 0.2) is 30.9 Å². The number of carbonyl (C=O) groups excluding carboxylic acids is 1. The molecule has 1 amide bonds. The topological polar surface area (TPSA) is 85.2 Å². The fourth-order valence-electron chi connectivity index (χ4n) is 3.45. The molecule has 8 nitrogen and oxygen atoms in total. The lowest BCUT2D eigenvalue weighted by Gasteiger charge is -2.52. The highest BCUT2D eigenvalue weighted by Gasteiger charge is 2.47. The van der Waals surface area contributed by atoms with Gasteiger partial charge >= 0.3 is 0 Å². The van der Waals surface area contributed by atoms with Gasteiger partial charge in [-0.1, -0.05) is 0 Å². The molecular weight excluding hydrogens is 320 g/mol. The Bertz CT molecular complexity index is 731. The van der Waals surface area contributed by atoms with E-state index in [2.05, 4.69) is 25.3 Å². The van der Waals surface area contributed by atoms with Crippen molar-refractivity contribution in [2.75, 3.05) is 31.1 Å². The van der Waals surface area contributed by atoms with E-state index in [0.29, 0.717) is 24.6 Å². The Morgan fingerprint density at radius 3 is 2.84 bits per heavy atom. The molecule has 0 saturated carbocycles. The number of aromatic nitrogens is 4. The van der Waals surface area contributed by atoms with Crippen molar-refractivity contribution >= 4 is 11.9 Å². The maximum absolute atomic E-state index is 12.1. The number of carbonyl (C=O) groups is 1. The summed E-state index contributed by atoms with van der Waals surface area (Å²) in [5.74, 6) is 1.04. The van der Waals surface area contributed by atoms with E-state index >= 15 is 0 Å². The lowest BCUT2D eigenvalue weighted by atomic mass is 9.83. The van der Waals surface area contributed by atoms with Crippen LogP contribution >= 0.6 is 0 Å². The maximum atomic E-state index is 12.1. The van der Waals surface area contributed by atoms with Gasteiger partial charge in [-0.3, -0.25) is 9.48 Å². The number of rotatable bonds is 4. The van der Waals surface area contributed by atoms with Crippen molar-refractivity contribution < 1.29 is 9.53 Å². The van der Waals surface area contributed by atoms with E-state index in [9.17, 15) is 4.79 Å². The van der Waals surface area contributed by atoms with Crippen molar-refractivity contribution in [1.29, 1.82) is 0 Å². The van der Waals surface area contributed by atoms with Gasteiger partial charge in [0.25, 0.3) is 5.91 Å². The molecule has 0 bridgehead atoms. The summed E-state index contributed by atoms with van der Waals surface area (Å²) in [5.41, 5.74) is 0.525. The van der Waals surface area contributed by atoms with E-state index in [1.54, 1.807) is 36.5 Å². The van der Waals surface area contributed by atoms with Crippen LogP contribution in [0.2, 0.25) is 0 Å². The predicted octanol–water partition coefficient (Wildman–Crippen LogP) is 0.625. The summed E-state index contributed by atoms with van der Waals surface area (Å²) in [6.07, 6.45) is 8.87. The van der Waals surface area contributed by atoms with Gasteiger partial charge in [0, 0.05) is 32.2 Å². The minimum atomic E-state index is -0.0792. The molecule has 2 aromatic heterocycles. The number of ether oxygens (including phenoxy) is 1. The summed E-state index contributed by atoms with van der Waals surface area (Å²) in [7, 11) is 1.80. The average molecular weight is 342 g/mol. The zero-order chi connectivity index (χ0) is 17.3. The number of hydrogen-bond donors (Lipinski definition) is 1. The molecule has 2 aromatic rings. The fraction of sp³-hybridized carbons (Fsp3) is 0.529. The molecule has 0 unspecified atom stereocenters. The molecule has 4 rings (SSSR count). The van der Waals surface area contributed by atoms with Gasteiger partial charge in [-0.2, -0.15) is 5.10 Å². The second kappa shape index (κ2) is 6.44. The third-order valence-corrected chi connectivity index (χ3v) is 4.94. The predicted molar refractivity (Wildman–Crippen MR) is 91.2 cm³/mol. The first-order valence-electron chi connectivity index (χ1n) is 8.56. The Balaban J connectivity index is 1.22. The van der Waals surface area contributed by atoms with Crippen LogP contribution in [-0.2, 0) is 11.8 Å². The van der Waals surface area contributed by atoms with Gasteiger partial charge in [0.1, 0.15) is 5.60 Å². The number of hydrogen-bond acceptors (Lipinski definition) is 6. The molecule has 0 aliphatic carbocycles. The van der Waals surface area contributed by atoms with E-state index in [0.717, 1.165) is 31.9 Å². The van der Waals surface area contributed by atoms with Gasteiger partial charge in [0.15, 0.2) is 0 Å². The highest BCUT2D eigenvalue weighted by molar-refractivity contribution is 5.93. The maximum Gasteiger partial charge on any atom is 0.254 e. The Morgan fingerprint density at radius 1 is 1.40 bits per heavy atom. The molecule has 1 atom stereocenters. The second-order valence-corrected chi connectivity index (χ2v) is 6.92. The summed E-state index contributed by atoms with van der Waals surface area (Å²) < 4.78 is 7.77. The first-order chi connectivity index (χ1) is 12.1. The van der Waals surface area contributed by atoms with Crippen molar-refractivity contribution in [3.05, 3.63) is 36.4 Å². The summed E-state index contributed by atoms with van der Waals surface area (Å²) >= 11 is 0. The Morgan fingerprint density at radius 2 is 2.20 bits per heavy atom. The van der Waals surface area contributed by atoms with E-state index in [1.165, 1.54) is 0 Å². The Labute approximate surface area is 146 Å². The van der Waals surface area contributed by atoms with Crippen LogP contribution in [0.4, 0.5) is 5.95 Å². The SMILES string of the molecule is Cn1cc(C(=O)NC[C@H]2CCC3(CN(c4ncccn4)C3)OC2)cn1. The molecule has 4 heterocycles. The lowest BCUT2D eigenvalue weighted by Crippen LogP contribution is -2.65. The van der Waals surface area contributed by atoms with Gasteiger partial charge in [-0.05, 0) is 24.8 Å². The third-order valence-electron chi connectivity index (χ3n) is 4.94. The number of anilines is 1. The molecule has 1 N–H and O–H groups in total. The number of amides is 1. The van der Waals surface area contributed by atoms with Crippen LogP contribution in [0, 0.1) is 5.92 Å². The van der Waals surface area contributed by atoms with Crippen LogP contribution in [-0.4, -0.2) is 57.5 Å². The van der Waals surface area contributed by atoms with Crippen molar-refractivity contribution in [3.8, 4) is 0 Å². The minimum Gasteiger partial charge on any atom is -0.371 e. The molecule has 2 aliphatic rings. The second-order valence-electron chi connectivity index (χ2n) is 6.92. The normalized spacial score (nSPS) is 21.8. The monoisotopic (exact) mass is 342 g/mol. The fourth-order valence-corrected chi connectivity index (χ4v) is 3.45. The molecule has 2 saturated heterocycles. The highest BCUT2D eigenvalue weighted by Crippen LogP contribution is 2.37. The lowest BCUT2D eigenvalue weighted by molar-refractivity contribution is -0.115. The van der Waals surface area contributed by atoms with Crippen LogP contribution in [0.1, 0.15) is 23.2 Å². The molecule has 132 valence electrons. The van der Waals surface area contributed by atoms with Crippen molar-refractivity contribution in [3.63, 3.8) is 0 Å². The smallest absolute Gasteiger partial charge is 0.254 e. The zero-order valence-electron chi connectivity index (χ0n) is 14.3.